The summed E-state index contributed by atoms with van der Waals surface area (Å²) in [5.74, 6) is 1.00. The fraction of sp³-hybridized carbons (Fsp3) is 1.00. The molecule has 2 rings (SSSR count). The molecule has 1 saturated carbocycles. The van der Waals surface area contributed by atoms with Crippen LogP contribution in [0.25, 0.3) is 0 Å². The quantitative estimate of drug-likeness (QED) is 0.749. The van der Waals surface area contributed by atoms with Gasteiger partial charge in [0.1, 0.15) is 0 Å². The summed E-state index contributed by atoms with van der Waals surface area (Å²) in [5.41, 5.74) is 6.06. The van der Waals surface area contributed by atoms with Crippen molar-refractivity contribution < 1.29 is 0 Å². The second kappa shape index (κ2) is 6.19. The molecule has 1 saturated heterocycles. The summed E-state index contributed by atoms with van der Waals surface area (Å²) in [4.78, 5) is 2.77. The highest BCUT2D eigenvalue weighted by Crippen LogP contribution is 2.31. The fourth-order valence-corrected chi connectivity index (χ4v) is 3.87. The number of hydrogen-bond acceptors (Lipinski definition) is 2. The Bertz CT molecular complexity index is 229. The van der Waals surface area contributed by atoms with Crippen molar-refractivity contribution in [1.29, 1.82) is 0 Å². The van der Waals surface area contributed by atoms with Gasteiger partial charge < -0.3 is 5.73 Å². The summed E-state index contributed by atoms with van der Waals surface area (Å²) in [5, 5.41) is 0. The Balaban J connectivity index is 1.88. The molecule has 2 heteroatoms. The van der Waals surface area contributed by atoms with Gasteiger partial charge in [0.05, 0.1) is 0 Å². The molecule has 1 aliphatic carbocycles. The molecule has 0 radical (unpaired) electrons. The summed E-state index contributed by atoms with van der Waals surface area (Å²) in [7, 11) is 0. The van der Waals surface area contributed by atoms with Crippen LogP contribution < -0.4 is 5.73 Å². The minimum absolute atomic E-state index is 0.454. The third kappa shape index (κ3) is 3.45. The maximum Gasteiger partial charge on any atom is 0.00982 e. The molecule has 1 aliphatic heterocycles. The molecule has 0 aromatic heterocycles. The van der Waals surface area contributed by atoms with Crippen molar-refractivity contribution in [3.05, 3.63) is 0 Å². The van der Waals surface area contributed by atoms with E-state index in [1.54, 1.807) is 0 Å². The van der Waals surface area contributed by atoms with E-state index < -0.39 is 0 Å². The number of nitrogens with zero attached hydrogens (tertiary/aromatic N) is 1. The molecule has 0 spiro atoms. The molecule has 17 heavy (non-hydrogen) atoms. The van der Waals surface area contributed by atoms with Gasteiger partial charge in [0.15, 0.2) is 0 Å². The lowest BCUT2D eigenvalue weighted by atomic mass is 9.94. The standard InChI is InChI=1S/C15H30N2/c1-3-13-5-4-6-15(8-7-13)17-10-9-14(16)11-12(17)2/h12-15H,3-11,16H2,1-2H3. The van der Waals surface area contributed by atoms with Gasteiger partial charge in [-0.15, -0.1) is 0 Å². The average Bonchev–Trinajstić information content (AvgIpc) is 2.54. The Kier molecular flexibility index (Phi) is 4.87. The van der Waals surface area contributed by atoms with Crippen molar-refractivity contribution in [2.45, 2.75) is 83.3 Å². The van der Waals surface area contributed by atoms with Gasteiger partial charge in [0, 0.05) is 24.7 Å². The van der Waals surface area contributed by atoms with E-state index >= 15 is 0 Å². The number of nitrogens with two attached hydrogens (primary N) is 1. The zero-order chi connectivity index (χ0) is 12.3. The first kappa shape index (κ1) is 13.4. The lowest BCUT2D eigenvalue weighted by molar-refractivity contribution is 0.0861. The van der Waals surface area contributed by atoms with Crippen molar-refractivity contribution >= 4 is 0 Å². The van der Waals surface area contributed by atoms with E-state index in [-0.39, 0.29) is 0 Å². The molecule has 1 heterocycles. The largest absolute Gasteiger partial charge is 0.328 e. The SMILES string of the molecule is CCC1CCCC(N2CCC(N)CC2C)CC1. The topological polar surface area (TPSA) is 29.3 Å². The first-order valence-electron chi connectivity index (χ1n) is 7.72. The van der Waals surface area contributed by atoms with Gasteiger partial charge in [-0.1, -0.05) is 26.2 Å². The van der Waals surface area contributed by atoms with E-state index in [2.05, 4.69) is 18.7 Å². The van der Waals surface area contributed by atoms with Gasteiger partial charge in [-0.2, -0.15) is 0 Å². The smallest absolute Gasteiger partial charge is 0.00982 e. The second-order valence-corrected chi connectivity index (χ2v) is 6.31. The zero-order valence-electron chi connectivity index (χ0n) is 11.7. The molecular weight excluding hydrogens is 208 g/mol. The monoisotopic (exact) mass is 238 g/mol. The normalized spacial score (nSPS) is 41.1. The van der Waals surface area contributed by atoms with Gasteiger partial charge in [0.2, 0.25) is 0 Å². The van der Waals surface area contributed by atoms with Crippen LogP contribution in [-0.4, -0.2) is 29.6 Å². The van der Waals surface area contributed by atoms with E-state index in [0.717, 1.165) is 12.0 Å². The molecule has 0 amide bonds. The van der Waals surface area contributed by atoms with Crippen LogP contribution in [0.1, 0.15) is 65.2 Å². The van der Waals surface area contributed by atoms with E-state index in [9.17, 15) is 0 Å². The molecule has 0 aromatic carbocycles. The first-order chi connectivity index (χ1) is 8.20. The van der Waals surface area contributed by atoms with Gasteiger partial charge in [-0.3, -0.25) is 4.90 Å². The van der Waals surface area contributed by atoms with Crippen LogP contribution >= 0.6 is 0 Å². The lowest BCUT2D eigenvalue weighted by Gasteiger charge is -2.41. The van der Waals surface area contributed by atoms with Crippen molar-refractivity contribution in [3.8, 4) is 0 Å². The van der Waals surface area contributed by atoms with E-state index in [0.29, 0.717) is 12.1 Å². The number of piperidine rings is 1. The van der Waals surface area contributed by atoms with Gasteiger partial charge in [-0.25, -0.2) is 0 Å². The van der Waals surface area contributed by atoms with E-state index in [4.69, 9.17) is 5.73 Å². The van der Waals surface area contributed by atoms with Gasteiger partial charge in [-0.05, 0) is 44.9 Å². The summed E-state index contributed by atoms with van der Waals surface area (Å²) < 4.78 is 0. The summed E-state index contributed by atoms with van der Waals surface area (Å²) >= 11 is 0. The van der Waals surface area contributed by atoms with Crippen molar-refractivity contribution in [1.82, 2.24) is 4.90 Å². The van der Waals surface area contributed by atoms with Crippen molar-refractivity contribution in [3.63, 3.8) is 0 Å². The summed E-state index contributed by atoms with van der Waals surface area (Å²) in [6.07, 6.45) is 11.0. The van der Waals surface area contributed by atoms with Crippen molar-refractivity contribution in [2.24, 2.45) is 11.7 Å². The maximum absolute atomic E-state index is 6.06. The highest BCUT2D eigenvalue weighted by atomic mass is 15.2. The van der Waals surface area contributed by atoms with E-state index in [1.807, 2.05) is 0 Å². The van der Waals surface area contributed by atoms with Crippen molar-refractivity contribution in [2.75, 3.05) is 6.54 Å². The predicted molar refractivity (Wildman–Crippen MR) is 74.0 cm³/mol. The minimum atomic E-state index is 0.454. The molecular formula is C15H30N2. The van der Waals surface area contributed by atoms with E-state index in [1.165, 1.54) is 57.9 Å². The molecule has 0 bridgehead atoms. The van der Waals surface area contributed by atoms with Crippen LogP contribution in [0.5, 0.6) is 0 Å². The Labute approximate surface area is 107 Å². The second-order valence-electron chi connectivity index (χ2n) is 6.31. The van der Waals surface area contributed by atoms with Gasteiger partial charge in [0.25, 0.3) is 0 Å². The maximum atomic E-state index is 6.06. The molecule has 100 valence electrons. The van der Waals surface area contributed by atoms with Crippen LogP contribution in [0.2, 0.25) is 0 Å². The summed E-state index contributed by atoms with van der Waals surface area (Å²) in [6, 6.07) is 2.02. The molecule has 2 nitrogen and oxygen atoms in total. The fourth-order valence-electron chi connectivity index (χ4n) is 3.87. The van der Waals surface area contributed by atoms with Crippen LogP contribution in [0.4, 0.5) is 0 Å². The zero-order valence-corrected chi connectivity index (χ0v) is 11.7. The van der Waals surface area contributed by atoms with Crippen LogP contribution in [0, 0.1) is 5.92 Å². The minimum Gasteiger partial charge on any atom is -0.328 e. The highest BCUT2D eigenvalue weighted by Gasteiger charge is 2.30. The summed E-state index contributed by atoms with van der Waals surface area (Å²) in [6.45, 7) is 5.97. The number of likely N-dealkylation sites (tertiary alicyclic amines) is 1. The molecule has 4 atom stereocenters. The number of hydrogen-bond donors (Lipinski definition) is 1. The van der Waals surface area contributed by atoms with Crippen LogP contribution in [0.3, 0.4) is 0 Å². The Morgan fingerprint density at radius 1 is 1.12 bits per heavy atom. The molecule has 2 N–H and O–H groups in total. The molecule has 4 unspecified atom stereocenters. The third-order valence-corrected chi connectivity index (χ3v) is 5.07. The number of rotatable bonds is 2. The first-order valence-corrected chi connectivity index (χ1v) is 7.72. The average molecular weight is 238 g/mol. The predicted octanol–water partition coefficient (Wildman–Crippen LogP) is 3.16. The molecule has 2 fully saturated rings. The lowest BCUT2D eigenvalue weighted by Crippen LogP contribution is -2.50. The van der Waals surface area contributed by atoms with Crippen LogP contribution in [-0.2, 0) is 0 Å². The van der Waals surface area contributed by atoms with Gasteiger partial charge >= 0.3 is 0 Å². The molecule has 2 aliphatic rings. The highest BCUT2D eigenvalue weighted by molar-refractivity contribution is 4.86. The van der Waals surface area contributed by atoms with Crippen LogP contribution in [0.15, 0.2) is 0 Å². The Morgan fingerprint density at radius 3 is 2.65 bits per heavy atom. The third-order valence-electron chi connectivity index (χ3n) is 5.07. The Hall–Kier alpha value is -0.0800. The molecule has 0 aromatic rings. The Morgan fingerprint density at radius 2 is 1.94 bits per heavy atom.